The summed E-state index contributed by atoms with van der Waals surface area (Å²) in [6, 6.07) is 2.11. The summed E-state index contributed by atoms with van der Waals surface area (Å²) in [5.41, 5.74) is 2.45. The molecule has 0 bridgehead atoms. The maximum Gasteiger partial charge on any atom is 0.0622 e. The summed E-state index contributed by atoms with van der Waals surface area (Å²) in [6.45, 7) is 9.44. The number of aromatic nitrogens is 2. The third-order valence-corrected chi connectivity index (χ3v) is 1.86. The molecule has 74 valence electrons. The third kappa shape index (κ3) is 3.59. The average Bonchev–Trinajstić information content (AvgIpc) is 2.47. The minimum atomic E-state index is 0.164. The summed E-state index contributed by atoms with van der Waals surface area (Å²) in [7, 11) is 0. The summed E-state index contributed by atoms with van der Waals surface area (Å²) in [4.78, 5) is 0. The Morgan fingerprint density at radius 1 is 1.46 bits per heavy atom. The number of hydrogen-bond acceptors (Lipinski definition) is 2. The highest BCUT2D eigenvalue weighted by Gasteiger charge is 2.09. The van der Waals surface area contributed by atoms with E-state index in [0.29, 0.717) is 0 Å². The Morgan fingerprint density at radius 2 is 2.15 bits per heavy atom. The highest BCUT2D eigenvalue weighted by atomic mass is 15.1. The van der Waals surface area contributed by atoms with Gasteiger partial charge in [0.05, 0.1) is 5.69 Å². The Hall–Kier alpha value is -0.830. The molecule has 0 radical (unpaired) electrons. The molecule has 13 heavy (non-hydrogen) atoms. The fraction of sp³-hybridized carbons (Fsp3) is 0.700. The Morgan fingerprint density at radius 3 is 2.62 bits per heavy atom. The van der Waals surface area contributed by atoms with E-state index in [9.17, 15) is 0 Å². The van der Waals surface area contributed by atoms with Crippen LogP contribution in [0.25, 0.3) is 0 Å². The number of nitrogens with one attached hydrogen (secondary N) is 2. The van der Waals surface area contributed by atoms with Gasteiger partial charge < -0.3 is 5.32 Å². The zero-order valence-electron chi connectivity index (χ0n) is 8.94. The van der Waals surface area contributed by atoms with Crippen LogP contribution in [-0.2, 0) is 13.0 Å². The van der Waals surface area contributed by atoms with Gasteiger partial charge in [-0.15, -0.1) is 0 Å². The van der Waals surface area contributed by atoms with Crippen molar-refractivity contribution in [1.82, 2.24) is 15.5 Å². The second-order valence-corrected chi connectivity index (χ2v) is 4.34. The van der Waals surface area contributed by atoms with Gasteiger partial charge in [-0.05, 0) is 33.3 Å². The molecule has 0 fully saturated rings. The van der Waals surface area contributed by atoms with Crippen molar-refractivity contribution in [3.63, 3.8) is 0 Å². The number of aromatic amines is 1. The van der Waals surface area contributed by atoms with E-state index < -0.39 is 0 Å². The minimum absolute atomic E-state index is 0.164. The van der Waals surface area contributed by atoms with Crippen molar-refractivity contribution in [3.05, 3.63) is 17.5 Å². The smallest absolute Gasteiger partial charge is 0.0622 e. The number of aryl methyl sites for hydroxylation is 1. The van der Waals surface area contributed by atoms with Crippen LogP contribution in [0.3, 0.4) is 0 Å². The fourth-order valence-electron chi connectivity index (χ4n) is 1.04. The second kappa shape index (κ2) is 3.92. The zero-order valence-corrected chi connectivity index (χ0v) is 8.94. The topological polar surface area (TPSA) is 40.7 Å². The molecule has 0 saturated heterocycles. The Kier molecular flexibility index (Phi) is 3.09. The zero-order chi connectivity index (χ0) is 9.90. The molecule has 0 amide bonds. The maximum atomic E-state index is 4.17. The van der Waals surface area contributed by atoms with Gasteiger partial charge in [-0.2, -0.15) is 5.10 Å². The van der Waals surface area contributed by atoms with Gasteiger partial charge in [-0.25, -0.2) is 0 Å². The quantitative estimate of drug-likeness (QED) is 0.747. The third-order valence-electron chi connectivity index (χ3n) is 1.86. The lowest BCUT2D eigenvalue weighted by atomic mass is 10.1. The molecule has 0 aliphatic carbocycles. The van der Waals surface area contributed by atoms with Crippen LogP contribution in [-0.4, -0.2) is 15.7 Å². The Labute approximate surface area is 79.9 Å². The van der Waals surface area contributed by atoms with Crippen molar-refractivity contribution in [3.8, 4) is 0 Å². The normalized spacial score (nSPS) is 12.0. The monoisotopic (exact) mass is 181 g/mol. The van der Waals surface area contributed by atoms with E-state index in [1.165, 1.54) is 0 Å². The van der Waals surface area contributed by atoms with Crippen LogP contribution in [0.5, 0.6) is 0 Å². The lowest BCUT2D eigenvalue weighted by Crippen LogP contribution is -2.35. The summed E-state index contributed by atoms with van der Waals surface area (Å²) in [5.74, 6) is 0. The van der Waals surface area contributed by atoms with Gasteiger partial charge in [0.1, 0.15) is 0 Å². The molecule has 0 aliphatic heterocycles. The first-order chi connectivity index (χ1) is 6.01. The molecule has 0 unspecified atom stereocenters. The molecular weight excluding hydrogens is 162 g/mol. The van der Waals surface area contributed by atoms with Crippen LogP contribution >= 0.6 is 0 Å². The van der Waals surface area contributed by atoms with Crippen LogP contribution in [0.2, 0.25) is 0 Å². The van der Waals surface area contributed by atoms with Crippen molar-refractivity contribution in [2.45, 2.75) is 46.2 Å². The maximum absolute atomic E-state index is 4.17. The molecule has 1 aromatic heterocycles. The van der Waals surface area contributed by atoms with E-state index in [0.717, 1.165) is 24.4 Å². The number of H-pyrrole nitrogens is 1. The van der Waals surface area contributed by atoms with Crippen LogP contribution in [0, 0.1) is 0 Å². The van der Waals surface area contributed by atoms with Crippen LogP contribution in [0.1, 0.15) is 39.1 Å². The second-order valence-electron chi connectivity index (χ2n) is 4.34. The van der Waals surface area contributed by atoms with Crippen LogP contribution < -0.4 is 5.32 Å². The first-order valence-corrected chi connectivity index (χ1v) is 4.79. The lowest BCUT2D eigenvalue weighted by molar-refractivity contribution is 0.421. The molecule has 3 nitrogen and oxygen atoms in total. The highest BCUT2D eigenvalue weighted by molar-refractivity contribution is 5.08. The van der Waals surface area contributed by atoms with Crippen molar-refractivity contribution in [2.24, 2.45) is 0 Å². The molecule has 0 saturated carbocycles. The molecular formula is C10H19N3. The number of rotatable bonds is 3. The van der Waals surface area contributed by atoms with Crippen molar-refractivity contribution in [2.75, 3.05) is 0 Å². The highest BCUT2D eigenvalue weighted by Crippen LogP contribution is 2.03. The van der Waals surface area contributed by atoms with Gasteiger partial charge in [-0.3, -0.25) is 5.10 Å². The number of hydrogen-bond donors (Lipinski definition) is 2. The molecule has 0 spiro atoms. The standard InChI is InChI=1S/C10H19N3/c1-5-8-6-9(13-12-8)7-11-10(2,3)4/h6,11H,5,7H2,1-4H3,(H,12,13). The molecule has 1 heterocycles. The number of nitrogens with zero attached hydrogens (tertiary/aromatic N) is 1. The fourth-order valence-corrected chi connectivity index (χ4v) is 1.04. The van der Waals surface area contributed by atoms with Gasteiger partial charge in [0.25, 0.3) is 0 Å². The molecule has 3 heteroatoms. The van der Waals surface area contributed by atoms with E-state index in [4.69, 9.17) is 0 Å². The first-order valence-electron chi connectivity index (χ1n) is 4.79. The van der Waals surface area contributed by atoms with E-state index >= 15 is 0 Å². The van der Waals surface area contributed by atoms with E-state index in [1.807, 2.05) is 0 Å². The predicted octanol–water partition coefficient (Wildman–Crippen LogP) is 1.86. The van der Waals surface area contributed by atoms with Gasteiger partial charge >= 0.3 is 0 Å². The van der Waals surface area contributed by atoms with Gasteiger partial charge in [0.2, 0.25) is 0 Å². The molecule has 0 aromatic carbocycles. The minimum Gasteiger partial charge on any atom is -0.306 e. The summed E-state index contributed by atoms with van der Waals surface area (Å²) < 4.78 is 0. The van der Waals surface area contributed by atoms with Gasteiger partial charge in [0, 0.05) is 17.8 Å². The van der Waals surface area contributed by atoms with Crippen LogP contribution in [0.4, 0.5) is 0 Å². The Balaban J connectivity index is 2.46. The van der Waals surface area contributed by atoms with E-state index in [2.05, 4.69) is 49.3 Å². The predicted molar refractivity (Wildman–Crippen MR) is 54.6 cm³/mol. The van der Waals surface area contributed by atoms with Crippen LogP contribution in [0.15, 0.2) is 6.07 Å². The van der Waals surface area contributed by atoms with Crippen molar-refractivity contribution >= 4 is 0 Å². The van der Waals surface area contributed by atoms with Gasteiger partial charge in [0.15, 0.2) is 0 Å². The van der Waals surface area contributed by atoms with Gasteiger partial charge in [-0.1, -0.05) is 6.92 Å². The average molecular weight is 181 g/mol. The summed E-state index contributed by atoms with van der Waals surface area (Å²) in [6.07, 6.45) is 0.992. The molecule has 0 aliphatic rings. The van der Waals surface area contributed by atoms with Crippen molar-refractivity contribution < 1.29 is 0 Å². The molecule has 2 N–H and O–H groups in total. The van der Waals surface area contributed by atoms with E-state index in [-0.39, 0.29) is 5.54 Å². The van der Waals surface area contributed by atoms with Crippen molar-refractivity contribution in [1.29, 1.82) is 0 Å². The molecule has 1 aromatic rings. The Bertz CT molecular complexity index is 257. The largest absolute Gasteiger partial charge is 0.306 e. The van der Waals surface area contributed by atoms with E-state index in [1.54, 1.807) is 0 Å². The lowest BCUT2D eigenvalue weighted by Gasteiger charge is -2.19. The molecule has 0 atom stereocenters. The molecule has 1 rings (SSSR count). The SMILES string of the molecule is CCc1cc(CNC(C)(C)C)[nH]n1. The first kappa shape index (κ1) is 10.3. The summed E-state index contributed by atoms with van der Waals surface area (Å²) >= 11 is 0. The summed E-state index contributed by atoms with van der Waals surface area (Å²) in [5, 5.41) is 10.6.